The van der Waals surface area contributed by atoms with E-state index in [1.807, 2.05) is 0 Å². The van der Waals surface area contributed by atoms with Crippen LogP contribution >= 0.6 is 11.6 Å². The number of carbonyl (C=O) groups is 2. The number of ether oxygens (including phenoxy) is 2. The third-order valence-corrected chi connectivity index (χ3v) is 5.47. The van der Waals surface area contributed by atoms with Crippen molar-refractivity contribution in [3.8, 4) is 11.5 Å². The second-order valence-electron chi connectivity index (χ2n) is 7.65. The minimum Gasteiger partial charge on any atom is -0.493 e. The molecule has 1 aromatic carbocycles. The van der Waals surface area contributed by atoms with Gasteiger partial charge in [0.15, 0.2) is 18.1 Å². The van der Waals surface area contributed by atoms with Crippen molar-refractivity contribution in [2.24, 2.45) is 23.5 Å². The minimum atomic E-state index is -0.624. The molecule has 3 atom stereocenters. The van der Waals surface area contributed by atoms with Crippen LogP contribution in [-0.2, 0) is 4.79 Å². The predicted molar refractivity (Wildman–Crippen MR) is 105 cm³/mol. The molecule has 0 aromatic heterocycles. The third kappa shape index (κ3) is 5.51. The molecule has 1 aliphatic carbocycles. The van der Waals surface area contributed by atoms with E-state index in [1.165, 1.54) is 19.6 Å². The summed E-state index contributed by atoms with van der Waals surface area (Å²) in [6.45, 7) is 6.30. The summed E-state index contributed by atoms with van der Waals surface area (Å²) >= 11 is 6.25. The number of halogens is 1. The minimum absolute atomic E-state index is 0.136. The zero-order chi connectivity index (χ0) is 20.1. The predicted octanol–water partition coefficient (Wildman–Crippen LogP) is 3.40. The summed E-state index contributed by atoms with van der Waals surface area (Å²) in [4.78, 5) is 23.8. The summed E-state index contributed by atoms with van der Waals surface area (Å²) in [6.07, 6.45) is 3.29. The van der Waals surface area contributed by atoms with E-state index in [1.54, 1.807) is 6.07 Å². The zero-order valence-corrected chi connectivity index (χ0v) is 17.1. The van der Waals surface area contributed by atoms with Gasteiger partial charge in [0.1, 0.15) is 0 Å². The molecule has 3 N–H and O–H groups in total. The van der Waals surface area contributed by atoms with Gasteiger partial charge in [-0.1, -0.05) is 38.8 Å². The lowest BCUT2D eigenvalue weighted by atomic mass is 9.74. The number of carbonyl (C=O) groups excluding carboxylic acids is 2. The van der Waals surface area contributed by atoms with E-state index in [-0.39, 0.29) is 35.1 Å². The molecule has 150 valence electrons. The molecule has 6 nitrogen and oxygen atoms in total. The van der Waals surface area contributed by atoms with E-state index in [2.05, 4.69) is 26.1 Å². The molecule has 1 aromatic rings. The van der Waals surface area contributed by atoms with Gasteiger partial charge in [0.25, 0.3) is 11.8 Å². The Bertz CT molecular complexity index is 693. The van der Waals surface area contributed by atoms with Gasteiger partial charge in [-0.3, -0.25) is 9.59 Å². The number of methoxy groups -OCH3 is 1. The van der Waals surface area contributed by atoms with Crippen molar-refractivity contribution in [3.05, 3.63) is 22.7 Å². The lowest BCUT2D eigenvalue weighted by molar-refractivity contribution is -0.119. The maximum Gasteiger partial charge on any atom is 0.255 e. The van der Waals surface area contributed by atoms with Gasteiger partial charge in [0, 0.05) is 11.6 Å². The molecule has 7 heteroatoms. The second-order valence-corrected chi connectivity index (χ2v) is 8.06. The molecule has 0 saturated heterocycles. The summed E-state index contributed by atoms with van der Waals surface area (Å²) < 4.78 is 10.6. The quantitative estimate of drug-likeness (QED) is 0.738. The van der Waals surface area contributed by atoms with Crippen molar-refractivity contribution in [1.29, 1.82) is 0 Å². The smallest absolute Gasteiger partial charge is 0.255 e. The lowest BCUT2D eigenvalue weighted by Gasteiger charge is -2.37. The average molecular weight is 397 g/mol. The average Bonchev–Trinajstić information content (AvgIpc) is 2.59. The highest BCUT2D eigenvalue weighted by atomic mass is 35.5. The monoisotopic (exact) mass is 396 g/mol. The Labute approximate surface area is 165 Å². The van der Waals surface area contributed by atoms with Gasteiger partial charge in [-0.2, -0.15) is 0 Å². The molecule has 2 rings (SSSR count). The fourth-order valence-corrected chi connectivity index (χ4v) is 4.02. The number of nitrogens with two attached hydrogens (primary N) is 1. The Morgan fingerprint density at radius 2 is 2.04 bits per heavy atom. The summed E-state index contributed by atoms with van der Waals surface area (Å²) in [7, 11) is 1.45. The number of hydrogen-bond donors (Lipinski definition) is 2. The summed E-state index contributed by atoms with van der Waals surface area (Å²) in [5, 5.41) is 3.37. The number of nitrogens with one attached hydrogen (secondary N) is 1. The van der Waals surface area contributed by atoms with Crippen LogP contribution in [0.15, 0.2) is 12.1 Å². The molecule has 0 aliphatic heterocycles. The maximum atomic E-state index is 12.8. The molecule has 1 aliphatic rings. The standard InChI is InChI=1S/C20H29ClN2O4/c1-11(2)14-6-5-12(3)7-16(14)23-20(25)13-8-15(21)19(17(9-13)26-4)27-10-18(22)24/h8-9,11-12,14,16H,5-7,10H2,1-4H3,(H2,22,24)(H,23,25)/t12-,14+,16-/m1/s1. The van der Waals surface area contributed by atoms with Crippen LogP contribution in [0.1, 0.15) is 50.4 Å². The fourth-order valence-electron chi connectivity index (χ4n) is 3.75. The largest absolute Gasteiger partial charge is 0.493 e. The van der Waals surface area contributed by atoms with E-state index < -0.39 is 5.91 Å². The molecule has 27 heavy (non-hydrogen) atoms. The molecule has 0 bridgehead atoms. The van der Waals surface area contributed by atoms with Gasteiger partial charge < -0.3 is 20.5 Å². The molecule has 1 saturated carbocycles. The van der Waals surface area contributed by atoms with Gasteiger partial charge in [0.2, 0.25) is 0 Å². The van der Waals surface area contributed by atoms with E-state index in [0.29, 0.717) is 23.3 Å². The van der Waals surface area contributed by atoms with Crippen LogP contribution in [-0.4, -0.2) is 31.6 Å². The summed E-state index contributed by atoms with van der Waals surface area (Å²) in [6, 6.07) is 3.22. The van der Waals surface area contributed by atoms with Crippen LogP contribution < -0.4 is 20.5 Å². The second kappa shape index (κ2) is 9.31. The molecule has 0 unspecified atom stereocenters. The first-order valence-corrected chi connectivity index (χ1v) is 9.70. The SMILES string of the molecule is COc1cc(C(=O)N[C@@H]2C[C@H](C)CC[C@H]2C(C)C)cc(Cl)c1OCC(N)=O. The highest BCUT2D eigenvalue weighted by molar-refractivity contribution is 6.32. The van der Waals surface area contributed by atoms with Gasteiger partial charge in [-0.05, 0) is 42.7 Å². The van der Waals surface area contributed by atoms with E-state index in [0.717, 1.165) is 12.8 Å². The first-order valence-electron chi connectivity index (χ1n) is 9.32. The van der Waals surface area contributed by atoms with E-state index in [9.17, 15) is 9.59 Å². The molecule has 2 amide bonds. The number of primary amides is 1. The molecular weight excluding hydrogens is 368 g/mol. The fraction of sp³-hybridized carbons (Fsp3) is 0.600. The van der Waals surface area contributed by atoms with Crippen LogP contribution in [0.25, 0.3) is 0 Å². The molecule has 0 radical (unpaired) electrons. The molecule has 0 heterocycles. The summed E-state index contributed by atoms with van der Waals surface area (Å²) in [5.74, 6) is 1.22. The lowest BCUT2D eigenvalue weighted by Crippen LogP contribution is -2.45. The zero-order valence-electron chi connectivity index (χ0n) is 16.4. The Morgan fingerprint density at radius 1 is 1.33 bits per heavy atom. The van der Waals surface area contributed by atoms with E-state index in [4.69, 9.17) is 26.8 Å². The van der Waals surface area contributed by atoms with Crippen molar-refractivity contribution >= 4 is 23.4 Å². The van der Waals surface area contributed by atoms with Crippen LogP contribution in [0.2, 0.25) is 5.02 Å². The van der Waals surface area contributed by atoms with Gasteiger partial charge in [-0.25, -0.2) is 0 Å². The van der Waals surface area contributed by atoms with Crippen LogP contribution in [0.3, 0.4) is 0 Å². The maximum absolute atomic E-state index is 12.8. The van der Waals surface area contributed by atoms with Gasteiger partial charge >= 0.3 is 0 Å². The third-order valence-electron chi connectivity index (χ3n) is 5.19. The number of amides is 2. The van der Waals surface area contributed by atoms with Gasteiger partial charge in [-0.15, -0.1) is 0 Å². The Hall–Kier alpha value is -1.95. The van der Waals surface area contributed by atoms with Crippen molar-refractivity contribution in [1.82, 2.24) is 5.32 Å². The molecular formula is C20H29ClN2O4. The number of benzene rings is 1. The first kappa shape index (κ1) is 21.4. The van der Waals surface area contributed by atoms with Crippen molar-refractivity contribution in [3.63, 3.8) is 0 Å². The normalized spacial score (nSPS) is 22.4. The van der Waals surface area contributed by atoms with Crippen molar-refractivity contribution in [2.75, 3.05) is 13.7 Å². The summed E-state index contributed by atoms with van der Waals surface area (Å²) in [5.41, 5.74) is 5.49. The van der Waals surface area contributed by atoms with Gasteiger partial charge in [0.05, 0.1) is 12.1 Å². The van der Waals surface area contributed by atoms with Crippen LogP contribution in [0.4, 0.5) is 0 Å². The Balaban J connectivity index is 2.20. The van der Waals surface area contributed by atoms with Crippen molar-refractivity contribution < 1.29 is 19.1 Å². The number of rotatable bonds is 7. The Morgan fingerprint density at radius 3 is 2.63 bits per heavy atom. The van der Waals surface area contributed by atoms with Crippen molar-refractivity contribution in [2.45, 2.75) is 46.1 Å². The first-order chi connectivity index (χ1) is 12.7. The van der Waals surface area contributed by atoms with Crippen LogP contribution in [0.5, 0.6) is 11.5 Å². The topological polar surface area (TPSA) is 90.7 Å². The number of hydrogen-bond acceptors (Lipinski definition) is 4. The van der Waals surface area contributed by atoms with Crippen LogP contribution in [0, 0.1) is 17.8 Å². The highest BCUT2D eigenvalue weighted by Crippen LogP contribution is 2.37. The molecule has 1 fully saturated rings. The molecule has 0 spiro atoms. The highest BCUT2D eigenvalue weighted by Gasteiger charge is 2.32. The Kier molecular flexibility index (Phi) is 7.36. The van der Waals surface area contributed by atoms with E-state index >= 15 is 0 Å².